The first kappa shape index (κ1) is 19.4. The van der Waals surface area contributed by atoms with Crippen molar-refractivity contribution in [3.05, 3.63) is 63.7 Å². The van der Waals surface area contributed by atoms with Crippen LogP contribution in [0.25, 0.3) is 0 Å². The van der Waals surface area contributed by atoms with Crippen molar-refractivity contribution in [3.63, 3.8) is 0 Å². The van der Waals surface area contributed by atoms with Gasteiger partial charge in [0.25, 0.3) is 11.6 Å². The van der Waals surface area contributed by atoms with E-state index in [2.05, 4.69) is 10.1 Å². The Morgan fingerprint density at radius 1 is 1.11 bits per heavy atom. The lowest BCUT2D eigenvalue weighted by Crippen LogP contribution is -2.22. The van der Waals surface area contributed by atoms with Crippen LogP contribution >= 0.6 is 0 Å². The second kappa shape index (κ2) is 8.43. The van der Waals surface area contributed by atoms with Crippen LogP contribution in [0.2, 0.25) is 0 Å². The first-order valence-electron chi connectivity index (χ1n) is 7.51. The number of para-hydroxylation sites is 1. The summed E-state index contributed by atoms with van der Waals surface area (Å²) in [5, 5.41) is 13.1. The summed E-state index contributed by atoms with van der Waals surface area (Å²) in [7, 11) is 1.21. The van der Waals surface area contributed by atoms with Gasteiger partial charge < -0.3 is 20.5 Å². The first-order valence-corrected chi connectivity index (χ1v) is 7.51. The number of methoxy groups -OCH3 is 1. The molecule has 0 saturated carbocycles. The fourth-order valence-electron chi connectivity index (χ4n) is 2.12. The van der Waals surface area contributed by atoms with Crippen LogP contribution in [0.3, 0.4) is 0 Å². The number of rotatable bonds is 6. The number of non-ortho nitro benzene ring substituents is 1. The molecule has 10 nitrogen and oxygen atoms in total. The van der Waals surface area contributed by atoms with Crippen LogP contribution < -0.4 is 11.1 Å². The molecule has 0 bridgehead atoms. The van der Waals surface area contributed by atoms with Crippen molar-refractivity contribution >= 4 is 34.9 Å². The summed E-state index contributed by atoms with van der Waals surface area (Å²) in [6, 6.07) is 9.40. The van der Waals surface area contributed by atoms with E-state index in [-0.39, 0.29) is 28.2 Å². The van der Waals surface area contributed by atoms with E-state index in [1.807, 2.05) is 0 Å². The van der Waals surface area contributed by atoms with E-state index >= 15 is 0 Å². The maximum atomic E-state index is 12.0. The predicted octanol–water partition coefficient (Wildman–Crippen LogP) is 1.76. The molecule has 0 fully saturated rings. The first-order chi connectivity index (χ1) is 12.8. The number of esters is 2. The highest BCUT2D eigenvalue weighted by atomic mass is 16.6. The summed E-state index contributed by atoms with van der Waals surface area (Å²) in [4.78, 5) is 45.6. The SMILES string of the molecule is COC(=O)c1ccccc1NC(=O)COC(=O)c1ccc([N+](=O)[O-])cc1N. The summed E-state index contributed by atoms with van der Waals surface area (Å²) in [5.41, 5.74) is 5.40. The number of anilines is 2. The molecule has 27 heavy (non-hydrogen) atoms. The van der Waals surface area contributed by atoms with E-state index in [0.29, 0.717) is 0 Å². The quantitative estimate of drug-likeness (QED) is 0.336. The Labute approximate surface area is 153 Å². The van der Waals surface area contributed by atoms with E-state index in [1.54, 1.807) is 12.1 Å². The largest absolute Gasteiger partial charge is 0.465 e. The van der Waals surface area contributed by atoms with Gasteiger partial charge in [-0.05, 0) is 18.2 Å². The summed E-state index contributed by atoms with van der Waals surface area (Å²) >= 11 is 0. The summed E-state index contributed by atoms with van der Waals surface area (Å²) in [6.07, 6.45) is 0. The molecular weight excluding hydrogens is 358 g/mol. The predicted molar refractivity (Wildman–Crippen MR) is 94.2 cm³/mol. The molecule has 2 rings (SSSR count). The van der Waals surface area contributed by atoms with Crippen molar-refractivity contribution in [2.75, 3.05) is 24.8 Å². The van der Waals surface area contributed by atoms with Gasteiger partial charge >= 0.3 is 11.9 Å². The molecule has 0 aliphatic rings. The van der Waals surface area contributed by atoms with Crippen molar-refractivity contribution in [1.82, 2.24) is 0 Å². The standard InChI is InChI=1S/C17H15N3O7/c1-26-16(22)12-4-2-3-5-14(12)19-15(21)9-27-17(23)11-7-6-10(20(24)25)8-13(11)18/h2-8H,9,18H2,1H3,(H,19,21). The molecule has 1 amide bonds. The fraction of sp³-hybridized carbons (Fsp3) is 0.118. The lowest BCUT2D eigenvalue weighted by molar-refractivity contribution is -0.384. The van der Waals surface area contributed by atoms with E-state index < -0.39 is 29.4 Å². The van der Waals surface area contributed by atoms with Gasteiger partial charge in [-0.3, -0.25) is 14.9 Å². The second-order valence-corrected chi connectivity index (χ2v) is 5.19. The molecule has 0 aromatic heterocycles. The summed E-state index contributed by atoms with van der Waals surface area (Å²) in [6.45, 7) is -0.648. The molecule has 0 radical (unpaired) electrons. The van der Waals surface area contributed by atoms with Gasteiger partial charge in [-0.2, -0.15) is 0 Å². The van der Waals surface area contributed by atoms with Gasteiger partial charge in [0, 0.05) is 12.1 Å². The lowest BCUT2D eigenvalue weighted by Gasteiger charge is -2.10. The average Bonchev–Trinajstić information content (AvgIpc) is 2.65. The number of nitro groups is 1. The molecule has 0 saturated heterocycles. The monoisotopic (exact) mass is 373 g/mol. The second-order valence-electron chi connectivity index (χ2n) is 5.19. The van der Waals surface area contributed by atoms with Crippen molar-refractivity contribution < 1.29 is 28.8 Å². The van der Waals surface area contributed by atoms with Crippen molar-refractivity contribution in [2.45, 2.75) is 0 Å². The number of nitrogens with one attached hydrogen (secondary N) is 1. The molecule has 0 heterocycles. The van der Waals surface area contributed by atoms with Crippen LogP contribution in [-0.2, 0) is 14.3 Å². The van der Waals surface area contributed by atoms with Gasteiger partial charge in [-0.25, -0.2) is 9.59 Å². The Morgan fingerprint density at radius 2 is 1.81 bits per heavy atom. The van der Waals surface area contributed by atoms with Gasteiger partial charge in [0.15, 0.2) is 6.61 Å². The molecule has 10 heteroatoms. The Balaban J connectivity index is 2.01. The number of ether oxygens (including phenoxy) is 2. The molecule has 140 valence electrons. The number of hydrogen-bond donors (Lipinski definition) is 2. The molecular formula is C17H15N3O7. The minimum absolute atomic E-state index is 0.108. The minimum atomic E-state index is -0.918. The van der Waals surface area contributed by atoms with Crippen LogP contribution in [0.15, 0.2) is 42.5 Å². The number of amides is 1. The highest BCUT2D eigenvalue weighted by Gasteiger charge is 2.18. The molecule has 0 unspecified atom stereocenters. The molecule has 0 aliphatic carbocycles. The Hall–Kier alpha value is -3.95. The number of nitrogen functional groups attached to an aromatic ring is 1. The average molecular weight is 373 g/mol. The van der Waals surface area contributed by atoms with Crippen LogP contribution in [-0.4, -0.2) is 36.5 Å². The van der Waals surface area contributed by atoms with Crippen LogP contribution in [0.1, 0.15) is 20.7 Å². The maximum Gasteiger partial charge on any atom is 0.340 e. The molecule has 0 aliphatic heterocycles. The number of carbonyl (C=O) groups is 3. The molecule has 3 N–H and O–H groups in total. The third-order valence-corrected chi connectivity index (χ3v) is 3.41. The van der Waals surface area contributed by atoms with Crippen molar-refractivity contribution in [2.24, 2.45) is 0 Å². The topological polar surface area (TPSA) is 151 Å². The Kier molecular flexibility index (Phi) is 6.05. The van der Waals surface area contributed by atoms with E-state index in [4.69, 9.17) is 10.5 Å². The van der Waals surface area contributed by atoms with E-state index in [9.17, 15) is 24.5 Å². The van der Waals surface area contributed by atoms with Crippen LogP contribution in [0.4, 0.5) is 17.1 Å². The summed E-state index contributed by atoms with van der Waals surface area (Å²) in [5.74, 6) is -2.25. The molecule has 0 spiro atoms. The Bertz CT molecular complexity index is 911. The number of nitro benzene ring substituents is 1. The normalized spacial score (nSPS) is 9.96. The third-order valence-electron chi connectivity index (χ3n) is 3.41. The molecule has 0 atom stereocenters. The van der Waals surface area contributed by atoms with Gasteiger partial charge in [-0.15, -0.1) is 0 Å². The summed E-state index contributed by atoms with van der Waals surface area (Å²) < 4.78 is 9.47. The number of nitrogens with zero attached hydrogens (tertiary/aromatic N) is 1. The number of nitrogens with two attached hydrogens (primary N) is 1. The smallest absolute Gasteiger partial charge is 0.340 e. The minimum Gasteiger partial charge on any atom is -0.465 e. The molecule has 2 aromatic carbocycles. The van der Waals surface area contributed by atoms with Crippen LogP contribution in [0, 0.1) is 10.1 Å². The van der Waals surface area contributed by atoms with E-state index in [0.717, 1.165) is 18.2 Å². The maximum absolute atomic E-state index is 12.0. The van der Waals surface area contributed by atoms with Gasteiger partial charge in [-0.1, -0.05) is 12.1 Å². The zero-order chi connectivity index (χ0) is 20.0. The third kappa shape index (κ3) is 4.78. The Morgan fingerprint density at radius 3 is 2.44 bits per heavy atom. The zero-order valence-corrected chi connectivity index (χ0v) is 14.1. The fourth-order valence-corrected chi connectivity index (χ4v) is 2.12. The number of benzene rings is 2. The molecule has 2 aromatic rings. The van der Waals surface area contributed by atoms with Crippen LogP contribution in [0.5, 0.6) is 0 Å². The zero-order valence-electron chi connectivity index (χ0n) is 14.1. The van der Waals surface area contributed by atoms with E-state index in [1.165, 1.54) is 19.2 Å². The van der Waals surface area contributed by atoms with Gasteiger partial charge in [0.1, 0.15) is 0 Å². The highest BCUT2D eigenvalue weighted by Crippen LogP contribution is 2.20. The number of hydrogen-bond acceptors (Lipinski definition) is 8. The number of carbonyl (C=O) groups excluding carboxylic acids is 3. The lowest BCUT2D eigenvalue weighted by atomic mass is 10.1. The highest BCUT2D eigenvalue weighted by molar-refractivity contribution is 6.02. The van der Waals surface area contributed by atoms with Gasteiger partial charge in [0.05, 0.1) is 34.5 Å². The van der Waals surface area contributed by atoms with Crippen molar-refractivity contribution in [1.29, 1.82) is 0 Å². The van der Waals surface area contributed by atoms with Crippen molar-refractivity contribution in [3.8, 4) is 0 Å². The van der Waals surface area contributed by atoms with Gasteiger partial charge in [0.2, 0.25) is 0 Å².